The Bertz CT molecular complexity index is 464. The Morgan fingerprint density at radius 2 is 2.05 bits per heavy atom. The van der Waals surface area contributed by atoms with Gasteiger partial charge in [0.05, 0.1) is 6.21 Å². The molecule has 0 radical (unpaired) electrons. The average molecular weight is 300 g/mol. The molecule has 1 aromatic carbocycles. The number of benzene rings is 1. The fraction of sp³-hybridized carbons (Fsp3) is 0.429. The van der Waals surface area contributed by atoms with E-state index in [1.165, 1.54) is 18.3 Å². The van der Waals surface area contributed by atoms with Crippen molar-refractivity contribution in [1.29, 1.82) is 0 Å². The summed E-state index contributed by atoms with van der Waals surface area (Å²) >= 11 is 0. The standard InChI is InChI=1S/C14H18F2N2O3/c1-3-10(2)18-13(19)9-20-17-8-11-4-6-12(7-5-11)21-14(15)16/h4-8,10,14H,3,9H2,1-2H3,(H,18,19). The van der Waals surface area contributed by atoms with Gasteiger partial charge < -0.3 is 14.9 Å². The van der Waals surface area contributed by atoms with Gasteiger partial charge in [-0.15, -0.1) is 0 Å². The van der Waals surface area contributed by atoms with Crippen molar-refractivity contribution in [2.75, 3.05) is 6.61 Å². The van der Waals surface area contributed by atoms with E-state index in [9.17, 15) is 13.6 Å². The molecule has 0 aliphatic carbocycles. The molecule has 116 valence electrons. The van der Waals surface area contributed by atoms with E-state index in [0.29, 0.717) is 5.56 Å². The van der Waals surface area contributed by atoms with E-state index in [-0.39, 0.29) is 24.3 Å². The number of hydrogen-bond acceptors (Lipinski definition) is 4. The summed E-state index contributed by atoms with van der Waals surface area (Å²) in [6.07, 6.45) is 2.21. The summed E-state index contributed by atoms with van der Waals surface area (Å²) in [4.78, 5) is 16.2. The van der Waals surface area contributed by atoms with Gasteiger partial charge in [0.1, 0.15) is 5.75 Å². The van der Waals surface area contributed by atoms with Crippen molar-refractivity contribution in [2.24, 2.45) is 5.16 Å². The van der Waals surface area contributed by atoms with E-state index in [1.54, 1.807) is 12.1 Å². The number of nitrogens with zero attached hydrogens (tertiary/aromatic N) is 1. The maximum atomic E-state index is 12.0. The molecule has 21 heavy (non-hydrogen) atoms. The smallest absolute Gasteiger partial charge is 0.387 e. The molecule has 0 fully saturated rings. The van der Waals surface area contributed by atoms with Crippen LogP contribution in [0.1, 0.15) is 25.8 Å². The summed E-state index contributed by atoms with van der Waals surface area (Å²) in [6.45, 7) is 0.833. The Morgan fingerprint density at radius 3 is 2.62 bits per heavy atom. The van der Waals surface area contributed by atoms with Crippen molar-refractivity contribution in [3.05, 3.63) is 29.8 Å². The number of hydrogen-bond donors (Lipinski definition) is 1. The molecule has 0 saturated heterocycles. The number of carbonyl (C=O) groups excluding carboxylic acids is 1. The van der Waals surface area contributed by atoms with Gasteiger partial charge in [0, 0.05) is 6.04 Å². The van der Waals surface area contributed by atoms with E-state index in [4.69, 9.17) is 4.84 Å². The van der Waals surface area contributed by atoms with Crippen LogP contribution in [0.4, 0.5) is 8.78 Å². The summed E-state index contributed by atoms with van der Waals surface area (Å²) in [5.74, 6) is -0.182. The molecule has 0 aliphatic rings. The molecule has 1 atom stereocenters. The SMILES string of the molecule is CCC(C)NC(=O)CON=Cc1ccc(OC(F)F)cc1. The van der Waals surface area contributed by atoms with Gasteiger partial charge in [-0.05, 0) is 43.2 Å². The molecule has 5 nitrogen and oxygen atoms in total. The van der Waals surface area contributed by atoms with Crippen LogP contribution in [0, 0.1) is 0 Å². The second kappa shape index (κ2) is 8.89. The third-order valence-electron chi connectivity index (χ3n) is 2.60. The minimum atomic E-state index is -2.85. The van der Waals surface area contributed by atoms with Gasteiger partial charge in [-0.3, -0.25) is 4.79 Å². The quantitative estimate of drug-likeness (QED) is 0.593. The monoisotopic (exact) mass is 300 g/mol. The highest BCUT2D eigenvalue weighted by molar-refractivity contribution is 5.80. The lowest BCUT2D eigenvalue weighted by Crippen LogP contribution is -2.34. The van der Waals surface area contributed by atoms with Crippen molar-refractivity contribution >= 4 is 12.1 Å². The molecule has 1 rings (SSSR count). The molecule has 0 heterocycles. The Balaban J connectivity index is 2.35. The normalized spacial score (nSPS) is 12.4. The third kappa shape index (κ3) is 7.24. The van der Waals surface area contributed by atoms with Crippen LogP contribution in [0.25, 0.3) is 0 Å². The second-order valence-electron chi connectivity index (χ2n) is 4.33. The van der Waals surface area contributed by atoms with Crippen molar-refractivity contribution in [3.8, 4) is 5.75 Å². The summed E-state index contributed by atoms with van der Waals surface area (Å²) in [6, 6.07) is 5.97. The lowest BCUT2D eigenvalue weighted by molar-refractivity contribution is -0.126. The van der Waals surface area contributed by atoms with Crippen molar-refractivity contribution in [1.82, 2.24) is 5.32 Å². The third-order valence-corrected chi connectivity index (χ3v) is 2.60. The maximum absolute atomic E-state index is 12.0. The fourth-order valence-electron chi connectivity index (χ4n) is 1.35. The van der Waals surface area contributed by atoms with Gasteiger partial charge in [0.25, 0.3) is 5.91 Å². The van der Waals surface area contributed by atoms with E-state index < -0.39 is 6.61 Å². The zero-order chi connectivity index (χ0) is 15.7. The minimum absolute atomic E-state index is 0.0657. The molecule has 1 aromatic rings. The number of alkyl halides is 2. The predicted molar refractivity (Wildman–Crippen MR) is 74.5 cm³/mol. The number of rotatable bonds is 8. The molecular weight excluding hydrogens is 282 g/mol. The van der Waals surface area contributed by atoms with Crippen LogP contribution >= 0.6 is 0 Å². The molecule has 1 amide bonds. The number of nitrogens with one attached hydrogen (secondary N) is 1. The first-order valence-corrected chi connectivity index (χ1v) is 6.50. The molecule has 0 spiro atoms. The Labute approximate surface area is 121 Å². The highest BCUT2D eigenvalue weighted by atomic mass is 19.3. The van der Waals surface area contributed by atoms with Crippen LogP contribution in [0.3, 0.4) is 0 Å². The first kappa shape index (κ1) is 16.9. The summed E-state index contributed by atoms with van der Waals surface area (Å²) < 4.78 is 28.1. The first-order valence-electron chi connectivity index (χ1n) is 6.50. The predicted octanol–water partition coefficient (Wildman–Crippen LogP) is 2.55. The molecule has 0 aromatic heterocycles. The van der Waals surface area contributed by atoms with E-state index >= 15 is 0 Å². The molecule has 7 heteroatoms. The number of amides is 1. The largest absolute Gasteiger partial charge is 0.435 e. The van der Waals surface area contributed by atoms with Gasteiger partial charge in [0.2, 0.25) is 0 Å². The molecule has 0 aliphatic heterocycles. The van der Waals surface area contributed by atoms with Crippen LogP contribution in [-0.4, -0.2) is 31.4 Å². The van der Waals surface area contributed by atoms with Gasteiger partial charge in [0.15, 0.2) is 6.61 Å². The zero-order valence-corrected chi connectivity index (χ0v) is 11.9. The van der Waals surface area contributed by atoms with E-state index in [0.717, 1.165) is 6.42 Å². The average Bonchev–Trinajstić information content (AvgIpc) is 2.44. The Hall–Kier alpha value is -2.18. The number of ether oxygens (including phenoxy) is 1. The van der Waals surface area contributed by atoms with Crippen LogP contribution in [0.5, 0.6) is 5.75 Å². The fourth-order valence-corrected chi connectivity index (χ4v) is 1.35. The van der Waals surface area contributed by atoms with Crippen molar-refractivity contribution < 1.29 is 23.1 Å². The first-order chi connectivity index (χ1) is 10.0. The summed E-state index contributed by atoms with van der Waals surface area (Å²) in [7, 11) is 0. The Morgan fingerprint density at radius 1 is 1.38 bits per heavy atom. The van der Waals surface area contributed by atoms with Gasteiger partial charge >= 0.3 is 6.61 Å². The van der Waals surface area contributed by atoms with Gasteiger partial charge in [-0.2, -0.15) is 8.78 Å². The topological polar surface area (TPSA) is 59.9 Å². The van der Waals surface area contributed by atoms with Crippen LogP contribution < -0.4 is 10.1 Å². The number of halogens is 2. The molecule has 0 saturated carbocycles. The molecule has 0 bridgehead atoms. The highest BCUT2D eigenvalue weighted by Crippen LogP contribution is 2.13. The molecular formula is C14H18F2N2O3. The zero-order valence-electron chi connectivity index (χ0n) is 11.9. The number of oxime groups is 1. The highest BCUT2D eigenvalue weighted by Gasteiger charge is 2.05. The second-order valence-corrected chi connectivity index (χ2v) is 4.33. The minimum Gasteiger partial charge on any atom is -0.435 e. The Kier molecular flexibility index (Phi) is 7.14. The van der Waals surface area contributed by atoms with Gasteiger partial charge in [-0.25, -0.2) is 0 Å². The summed E-state index contributed by atoms with van der Waals surface area (Å²) in [5, 5.41) is 6.36. The van der Waals surface area contributed by atoms with E-state index in [2.05, 4.69) is 15.2 Å². The van der Waals surface area contributed by atoms with Crippen molar-refractivity contribution in [3.63, 3.8) is 0 Å². The number of carbonyl (C=O) groups is 1. The van der Waals surface area contributed by atoms with Crippen LogP contribution in [0.2, 0.25) is 0 Å². The van der Waals surface area contributed by atoms with Crippen LogP contribution in [-0.2, 0) is 9.63 Å². The van der Waals surface area contributed by atoms with Crippen LogP contribution in [0.15, 0.2) is 29.4 Å². The molecule has 1 N–H and O–H groups in total. The maximum Gasteiger partial charge on any atom is 0.387 e. The van der Waals surface area contributed by atoms with Gasteiger partial charge in [-0.1, -0.05) is 12.1 Å². The lowest BCUT2D eigenvalue weighted by Gasteiger charge is -2.09. The van der Waals surface area contributed by atoms with Crippen molar-refractivity contribution in [2.45, 2.75) is 32.9 Å². The van der Waals surface area contributed by atoms with E-state index in [1.807, 2.05) is 13.8 Å². The summed E-state index contributed by atoms with van der Waals surface area (Å²) in [5.41, 5.74) is 0.638. The lowest BCUT2D eigenvalue weighted by atomic mass is 10.2. The molecule has 1 unspecified atom stereocenters.